The van der Waals surface area contributed by atoms with Crippen LogP contribution in [-0.2, 0) is 6.54 Å². The van der Waals surface area contributed by atoms with E-state index in [9.17, 15) is 0 Å². The lowest BCUT2D eigenvalue weighted by Gasteiger charge is -2.12. The summed E-state index contributed by atoms with van der Waals surface area (Å²) in [4.78, 5) is 5.03. The first-order chi connectivity index (χ1) is 14.4. The molecule has 30 heavy (non-hydrogen) atoms. The molecule has 3 heterocycles. The quantitative estimate of drug-likeness (QED) is 0.316. The molecule has 0 saturated carbocycles. The van der Waals surface area contributed by atoms with Crippen LogP contribution in [0.5, 0.6) is 0 Å². The molecule has 0 unspecified atom stereocenters. The van der Waals surface area contributed by atoms with Gasteiger partial charge < -0.3 is 4.57 Å². The number of hydrogen-bond acceptors (Lipinski definition) is 2. The van der Waals surface area contributed by atoms with E-state index in [0.717, 1.165) is 23.6 Å². The third-order valence-corrected chi connectivity index (χ3v) is 6.26. The number of hydrogen-bond donors (Lipinski definition) is 0. The summed E-state index contributed by atoms with van der Waals surface area (Å²) in [6.45, 7) is 14.1. The predicted molar refractivity (Wildman–Crippen MR) is 126 cm³/mol. The Morgan fingerprint density at radius 3 is 2.23 bits per heavy atom. The summed E-state index contributed by atoms with van der Waals surface area (Å²) in [5.41, 5.74) is 10.6. The summed E-state index contributed by atoms with van der Waals surface area (Å²) in [5, 5.41) is 6.18. The zero-order chi connectivity index (χ0) is 21.4. The van der Waals surface area contributed by atoms with Gasteiger partial charge in [-0.2, -0.15) is 9.61 Å². The summed E-state index contributed by atoms with van der Waals surface area (Å²) in [6, 6.07) is 6.72. The van der Waals surface area contributed by atoms with E-state index in [1.165, 1.54) is 71.0 Å². The predicted octanol–water partition coefficient (Wildman–Crippen LogP) is 6.86. The molecule has 0 atom stereocenters. The molecule has 4 nitrogen and oxygen atoms in total. The SMILES string of the molecule is CCCCCCCn1ccc2c(C)nc3c(-c4c(C)cc(C)cc4C)c(C)nn3c21. The second-order valence-electron chi connectivity index (χ2n) is 8.83. The van der Waals surface area contributed by atoms with E-state index >= 15 is 0 Å². The Hall–Kier alpha value is -2.62. The van der Waals surface area contributed by atoms with E-state index in [-0.39, 0.29) is 0 Å². The van der Waals surface area contributed by atoms with Gasteiger partial charge in [0.05, 0.1) is 17.0 Å². The van der Waals surface area contributed by atoms with Crippen molar-refractivity contribution >= 4 is 16.7 Å². The molecule has 0 fully saturated rings. The second-order valence-corrected chi connectivity index (χ2v) is 8.83. The molecule has 158 valence electrons. The first-order valence-corrected chi connectivity index (χ1v) is 11.3. The van der Waals surface area contributed by atoms with Gasteiger partial charge >= 0.3 is 0 Å². The van der Waals surface area contributed by atoms with Gasteiger partial charge in [-0.15, -0.1) is 0 Å². The molecule has 0 aliphatic rings. The van der Waals surface area contributed by atoms with Crippen molar-refractivity contribution in [3.8, 4) is 11.1 Å². The smallest absolute Gasteiger partial charge is 0.165 e. The second kappa shape index (κ2) is 8.25. The van der Waals surface area contributed by atoms with E-state index in [1.807, 2.05) is 0 Å². The fraction of sp³-hybridized carbons (Fsp3) is 0.462. The minimum Gasteiger partial charge on any atom is -0.332 e. The minimum absolute atomic E-state index is 0.971. The summed E-state index contributed by atoms with van der Waals surface area (Å²) in [6.07, 6.45) is 8.63. The lowest BCUT2D eigenvalue weighted by atomic mass is 9.94. The van der Waals surface area contributed by atoms with Gasteiger partial charge in [0.25, 0.3) is 0 Å². The van der Waals surface area contributed by atoms with Crippen LogP contribution >= 0.6 is 0 Å². The third-order valence-electron chi connectivity index (χ3n) is 6.26. The van der Waals surface area contributed by atoms with E-state index < -0.39 is 0 Å². The summed E-state index contributed by atoms with van der Waals surface area (Å²) in [5.74, 6) is 0. The molecule has 3 aromatic heterocycles. The molecule has 4 heteroatoms. The van der Waals surface area contributed by atoms with Crippen LogP contribution in [0.15, 0.2) is 24.4 Å². The fourth-order valence-electron chi connectivity index (χ4n) is 4.90. The van der Waals surface area contributed by atoms with Crippen LogP contribution in [0.25, 0.3) is 27.8 Å². The van der Waals surface area contributed by atoms with Gasteiger partial charge in [0.2, 0.25) is 0 Å². The van der Waals surface area contributed by atoms with Crippen molar-refractivity contribution in [2.75, 3.05) is 0 Å². The van der Waals surface area contributed by atoms with Crippen molar-refractivity contribution in [1.29, 1.82) is 0 Å². The van der Waals surface area contributed by atoms with Crippen LogP contribution in [0, 0.1) is 34.6 Å². The molecule has 0 bridgehead atoms. The summed E-state index contributed by atoms with van der Waals surface area (Å²) >= 11 is 0. The Morgan fingerprint density at radius 2 is 1.53 bits per heavy atom. The van der Waals surface area contributed by atoms with Crippen LogP contribution in [-0.4, -0.2) is 19.2 Å². The number of rotatable bonds is 7. The van der Waals surface area contributed by atoms with Gasteiger partial charge in [0.1, 0.15) is 5.65 Å². The van der Waals surface area contributed by atoms with E-state index in [1.54, 1.807) is 0 Å². The van der Waals surface area contributed by atoms with Gasteiger partial charge in [-0.1, -0.05) is 50.3 Å². The highest BCUT2D eigenvalue weighted by Gasteiger charge is 2.21. The number of fused-ring (bicyclic) bond motifs is 3. The van der Waals surface area contributed by atoms with Crippen molar-refractivity contribution in [1.82, 2.24) is 19.2 Å². The first-order valence-electron chi connectivity index (χ1n) is 11.3. The van der Waals surface area contributed by atoms with Crippen molar-refractivity contribution < 1.29 is 0 Å². The van der Waals surface area contributed by atoms with Crippen LogP contribution < -0.4 is 0 Å². The highest BCUT2D eigenvalue weighted by Crippen LogP contribution is 2.35. The maximum absolute atomic E-state index is 5.03. The van der Waals surface area contributed by atoms with Gasteiger partial charge in [0.15, 0.2) is 5.65 Å². The van der Waals surface area contributed by atoms with Crippen molar-refractivity contribution in [3.63, 3.8) is 0 Å². The largest absolute Gasteiger partial charge is 0.332 e. The Morgan fingerprint density at radius 1 is 0.833 bits per heavy atom. The van der Waals surface area contributed by atoms with Crippen LogP contribution in [0.4, 0.5) is 0 Å². The normalized spacial score (nSPS) is 11.8. The van der Waals surface area contributed by atoms with Crippen LogP contribution in [0.2, 0.25) is 0 Å². The van der Waals surface area contributed by atoms with Gasteiger partial charge in [-0.05, 0) is 63.8 Å². The molecular formula is C26H34N4. The fourth-order valence-corrected chi connectivity index (χ4v) is 4.90. The molecule has 0 aliphatic heterocycles. The minimum atomic E-state index is 0.971. The molecular weight excluding hydrogens is 368 g/mol. The van der Waals surface area contributed by atoms with E-state index in [4.69, 9.17) is 10.1 Å². The summed E-state index contributed by atoms with van der Waals surface area (Å²) in [7, 11) is 0. The number of benzene rings is 1. The maximum Gasteiger partial charge on any atom is 0.165 e. The molecule has 0 N–H and O–H groups in total. The van der Waals surface area contributed by atoms with Gasteiger partial charge in [-0.3, -0.25) is 0 Å². The number of unbranched alkanes of at least 4 members (excludes halogenated alkanes) is 4. The number of nitrogens with zero attached hydrogens (tertiary/aromatic N) is 4. The van der Waals surface area contributed by atoms with Crippen LogP contribution in [0.1, 0.15) is 67.1 Å². The first kappa shape index (κ1) is 20.6. The Kier molecular flexibility index (Phi) is 5.68. The third kappa shape index (κ3) is 3.53. The molecule has 0 saturated heterocycles. The highest BCUT2D eigenvalue weighted by atomic mass is 15.3. The molecule has 1 aromatic carbocycles. The standard InChI is InChI=1S/C26H34N4/c1-7-8-9-10-11-13-29-14-12-22-20(5)27-25-24(21(6)28-30(25)26(22)29)23-18(3)15-17(2)16-19(23)4/h12,14-16H,7-11,13H2,1-6H3. The molecule has 4 aromatic rings. The Bertz CT molecular complexity index is 1190. The topological polar surface area (TPSA) is 35.1 Å². The van der Waals surface area contributed by atoms with E-state index in [2.05, 4.69) is 75.0 Å². The highest BCUT2D eigenvalue weighted by molar-refractivity contribution is 5.89. The lowest BCUT2D eigenvalue weighted by Crippen LogP contribution is -2.04. The Labute approximate surface area is 179 Å². The molecule has 0 spiro atoms. The van der Waals surface area contributed by atoms with E-state index in [0.29, 0.717) is 0 Å². The monoisotopic (exact) mass is 402 g/mol. The zero-order valence-electron chi connectivity index (χ0n) is 19.3. The number of aryl methyl sites for hydroxylation is 6. The maximum atomic E-state index is 5.03. The Balaban J connectivity index is 1.86. The van der Waals surface area contributed by atoms with Gasteiger partial charge in [-0.25, -0.2) is 4.98 Å². The lowest BCUT2D eigenvalue weighted by molar-refractivity contribution is 0.573. The average molecular weight is 403 g/mol. The summed E-state index contributed by atoms with van der Waals surface area (Å²) < 4.78 is 4.45. The molecule has 0 radical (unpaired) electrons. The van der Waals surface area contributed by atoms with Gasteiger partial charge in [0, 0.05) is 18.1 Å². The zero-order valence-corrected chi connectivity index (χ0v) is 19.3. The van der Waals surface area contributed by atoms with Crippen molar-refractivity contribution in [3.05, 3.63) is 52.5 Å². The molecule has 0 amide bonds. The molecule has 0 aliphatic carbocycles. The average Bonchev–Trinajstić information content (AvgIpc) is 3.23. The van der Waals surface area contributed by atoms with Crippen molar-refractivity contribution in [2.24, 2.45) is 0 Å². The number of aromatic nitrogens is 4. The van der Waals surface area contributed by atoms with Crippen molar-refractivity contribution in [2.45, 2.75) is 80.2 Å². The molecule has 4 rings (SSSR count). The van der Waals surface area contributed by atoms with Crippen LogP contribution in [0.3, 0.4) is 0 Å².